The molecule has 1 aromatic carbocycles. The van der Waals surface area contributed by atoms with E-state index < -0.39 is 10.0 Å². The number of aryl methyl sites for hydroxylation is 2. The van der Waals surface area contributed by atoms with Crippen LogP contribution >= 0.6 is 11.3 Å². The molecule has 1 aliphatic heterocycles. The molecule has 6 nitrogen and oxygen atoms in total. The number of piperidine rings is 1. The lowest BCUT2D eigenvalue weighted by molar-refractivity contribution is 0.103. The molecule has 1 amide bonds. The number of benzene rings is 1. The van der Waals surface area contributed by atoms with E-state index >= 15 is 0 Å². The Morgan fingerprint density at radius 1 is 1.07 bits per heavy atom. The fourth-order valence-corrected chi connectivity index (χ4v) is 6.84. The zero-order valence-electron chi connectivity index (χ0n) is 16.6. The third-order valence-electron chi connectivity index (χ3n) is 5.57. The topological polar surface area (TPSA) is 75.7 Å². The average Bonchev–Trinajstić information content (AvgIpc) is 3.19. The average molecular weight is 435 g/mol. The van der Waals surface area contributed by atoms with Gasteiger partial charge in [0.2, 0.25) is 10.0 Å². The number of hydrogen-bond acceptors (Lipinski definition) is 5. The Morgan fingerprint density at radius 3 is 2.55 bits per heavy atom. The molecule has 8 heteroatoms. The molecule has 2 aliphatic rings. The van der Waals surface area contributed by atoms with Gasteiger partial charge in [-0.1, -0.05) is 6.42 Å². The van der Waals surface area contributed by atoms with Crippen molar-refractivity contribution in [1.82, 2.24) is 4.31 Å². The van der Waals surface area contributed by atoms with Gasteiger partial charge >= 0.3 is 0 Å². The number of anilines is 1. The number of thiophene rings is 1. The van der Waals surface area contributed by atoms with Crippen molar-refractivity contribution < 1.29 is 17.9 Å². The third-order valence-corrected chi connectivity index (χ3v) is 8.73. The number of fused-ring (bicyclic) bond motifs is 1. The molecule has 29 heavy (non-hydrogen) atoms. The molecule has 2 heterocycles. The monoisotopic (exact) mass is 434 g/mol. The number of nitrogens with zero attached hydrogens (tertiary/aromatic N) is 1. The lowest BCUT2D eigenvalue weighted by Crippen LogP contribution is -2.35. The zero-order chi connectivity index (χ0) is 20.4. The van der Waals surface area contributed by atoms with Crippen LogP contribution in [0.2, 0.25) is 0 Å². The van der Waals surface area contributed by atoms with Gasteiger partial charge in [-0.3, -0.25) is 4.79 Å². The molecule has 4 rings (SSSR count). The van der Waals surface area contributed by atoms with E-state index in [1.54, 1.807) is 12.1 Å². The molecule has 156 valence electrons. The number of rotatable bonds is 5. The number of methoxy groups -OCH3 is 1. The van der Waals surface area contributed by atoms with E-state index in [0.29, 0.717) is 29.4 Å². The number of sulfonamides is 1. The second-order valence-corrected chi connectivity index (χ2v) is 10.6. The van der Waals surface area contributed by atoms with Crippen LogP contribution in [0.15, 0.2) is 29.2 Å². The van der Waals surface area contributed by atoms with Crippen molar-refractivity contribution in [2.24, 2.45) is 0 Å². The predicted molar refractivity (Wildman–Crippen MR) is 115 cm³/mol. The van der Waals surface area contributed by atoms with Gasteiger partial charge in [-0.2, -0.15) is 4.31 Å². The summed E-state index contributed by atoms with van der Waals surface area (Å²) in [7, 11) is -2.21. The molecule has 0 saturated carbocycles. The summed E-state index contributed by atoms with van der Waals surface area (Å²) in [6.07, 6.45) is 7.17. The van der Waals surface area contributed by atoms with E-state index in [4.69, 9.17) is 4.74 Å². The van der Waals surface area contributed by atoms with Gasteiger partial charge in [-0.05, 0) is 68.4 Å². The van der Waals surface area contributed by atoms with E-state index in [0.717, 1.165) is 32.1 Å². The Hall–Kier alpha value is -1.90. The van der Waals surface area contributed by atoms with E-state index in [9.17, 15) is 13.2 Å². The number of carbonyl (C=O) groups excluding carboxylic acids is 1. The first-order valence-corrected chi connectivity index (χ1v) is 12.4. The summed E-state index contributed by atoms with van der Waals surface area (Å²) in [5.41, 5.74) is 1.73. The molecule has 1 saturated heterocycles. The van der Waals surface area contributed by atoms with Gasteiger partial charge in [0, 0.05) is 23.7 Å². The smallest absolute Gasteiger partial charge is 0.265 e. The Kier molecular flexibility index (Phi) is 5.94. The van der Waals surface area contributed by atoms with Gasteiger partial charge < -0.3 is 10.1 Å². The largest absolute Gasteiger partial charge is 0.495 e. The first-order chi connectivity index (χ1) is 14.0. The highest BCUT2D eigenvalue weighted by atomic mass is 32.2. The van der Waals surface area contributed by atoms with Crippen LogP contribution in [-0.4, -0.2) is 38.8 Å². The van der Waals surface area contributed by atoms with Crippen molar-refractivity contribution in [3.8, 4) is 5.75 Å². The first-order valence-electron chi connectivity index (χ1n) is 10.1. The van der Waals surface area contributed by atoms with Crippen LogP contribution in [0, 0.1) is 0 Å². The van der Waals surface area contributed by atoms with Crippen LogP contribution in [0.25, 0.3) is 0 Å². The maximum atomic E-state index is 13.1. The van der Waals surface area contributed by atoms with Crippen LogP contribution in [0.5, 0.6) is 5.75 Å². The molecule has 1 N–H and O–H groups in total. The van der Waals surface area contributed by atoms with Crippen molar-refractivity contribution in [3.63, 3.8) is 0 Å². The van der Waals surface area contributed by atoms with E-state index in [1.165, 1.54) is 52.1 Å². The highest BCUT2D eigenvalue weighted by molar-refractivity contribution is 7.89. The van der Waals surface area contributed by atoms with Gasteiger partial charge in [-0.15, -0.1) is 11.3 Å². The third kappa shape index (κ3) is 4.20. The first kappa shape index (κ1) is 20.4. The minimum atomic E-state index is -3.67. The molecule has 0 unspecified atom stereocenters. The molecule has 1 aliphatic carbocycles. The number of carbonyl (C=O) groups is 1. The van der Waals surface area contributed by atoms with Gasteiger partial charge in [0.1, 0.15) is 10.6 Å². The summed E-state index contributed by atoms with van der Waals surface area (Å²) in [5, 5.41) is 2.87. The maximum absolute atomic E-state index is 13.1. The molecule has 0 bridgehead atoms. The Balaban J connectivity index is 1.59. The Labute approximate surface area is 175 Å². The number of amides is 1. The highest BCUT2D eigenvalue weighted by Crippen LogP contribution is 2.33. The van der Waals surface area contributed by atoms with Crippen molar-refractivity contribution in [3.05, 3.63) is 39.6 Å². The van der Waals surface area contributed by atoms with Crippen LogP contribution < -0.4 is 10.1 Å². The Bertz CT molecular complexity index is 984. The lowest BCUT2D eigenvalue weighted by atomic mass is 9.99. The predicted octanol–water partition coefficient (Wildman–Crippen LogP) is 4.06. The quantitative estimate of drug-likeness (QED) is 0.770. The lowest BCUT2D eigenvalue weighted by Gasteiger charge is -2.26. The van der Waals surface area contributed by atoms with E-state index in [1.807, 2.05) is 6.07 Å². The normalized spacial score (nSPS) is 17.6. The summed E-state index contributed by atoms with van der Waals surface area (Å²) in [5.74, 6) is 0.0936. The molecular formula is C21H26N2O4S2. The summed E-state index contributed by atoms with van der Waals surface area (Å²) < 4.78 is 33.1. The van der Waals surface area contributed by atoms with Gasteiger partial charge in [-0.25, -0.2) is 8.42 Å². The standard InChI is InChI=1S/C21H26N2O4S2/c1-27-17-10-9-16(14-20(17)29(25,26)23-11-5-2-6-12-23)22-21(24)19-13-15-7-3-4-8-18(15)28-19/h9-10,13-14H,2-8,11-12H2,1H3,(H,22,24). The number of ether oxygens (including phenoxy) is 1. The molecule has 0 spiro atoms. The minimum absolute atomic E-state index is 0.102. The molecule has 0 atom stereocenters. The molecule has 1 fully saturated rings. The Morgan fingerprint density at radius 2 is 1.83 bits per heavy atom. The minimum Gasteiger partial charge on any atom is -0.495 e. The van der Waals surface area contributed by atoms with Gasteiger partial charge in [0.15, 0.2) is 0 Å². The number of nitrogens with one attached hydrogen (secondary N) is 1. The second kappa shape index (κ2) is 8.45. The van der Waals surface area contributed by atoms with Crippen LogP contribution in [0.3, 0.4) is 0 Å². The van der Waals surface area contributed by atoms with Crippen molar-refractivity contribution in [2.75, 3.05) is 25.5 Å². The highest BCUT2D eigenvalue weighted by Gasteiger charge is 2.29. The fraction of sp³-hybridized carbons (Fsp3) is 0.476. The van der Waals surface area contributed by atoms with Crippen molar-refractivity contribution in [1.29, 1.82) is 0 Å². The van der Waals surface area contributed by atoms with E-state index in [2.05, 4.69) is 5.32 Å². The van der Waals surface area contributed by atoms with Crippen molar-refractivity contribution >= 4 is 33.0 Å². The van der Waals surface area contributed by atoms with Crippen LogP contribution in [0.1, 0.15) is 52.2 Å². The summed E-state index contributed by atoms with van der Waals surface area (Å²) >= 11 is 1.54. The number of hydrogen-bond donors (Lipinski definition) is 1. The van der Waals surface area contributed by atoms with E-state index in [-0.39, 0.29) is 10.8 Å². The second-order valence-electron chi connectivity index (χ2n) is 7.55. The SMILES string of the molecule is COc1ccc(NC(=O)c2cc3c(s2)CCCC3)cc1S(=O)(=O)N1CCCCC1. The van der Waals surface area contributed by atoms with Crippen molar-refractivity contribution in [2.45, 2.75) is 49.8 Å². The van der Waals surface area contributed by atoms with Gasteiger partial charge in [0.05, 0.1) is 12.0 Å². The summed E-state index contributed by atoms with van der Waals surface area (Å²) in [6.45, 7) is 1.03. The molecule has 2 aromatic rings. The fourth-order valence-electron chi connectivity index (χ4n) is 4.00. The zero-order valence-corrected chi connectivity index (χ0v) is 18.2. The van der Waals surface area contributed by atoms with Crippen LogP contribution in [-0.2, 0) is 22.9 Å². The maximum Gasteiger partial charge on any atom is 0.265 e. The summed E-state index contributed by atoms with van der Waals surface area (Å²) in [4.78, 5) is 14.8. The van der Waals surface area contributed by atoms with Gasteiger partial charge in [0.25, 0.3) is 5.91 Å². The van der Waals surface area contributed by atoms with Crippen LogP contribution in [0.4, 0.5) is 5.69 Å². The molecular weight excluding hydrogens is 408 g/mol. The molecule has 0 radical (unpaired) electrons. The summed E-state index contributed by atoms with van der Waals surface area (Å²) in [6, 6.07) is 6.77. The molecule has 1 aromatic heterocycles.